The van der Waals surface area contributed by atoms with Crippen LogP contribution in [0.1, 0.15) is 23.8 Å². The zero-order chi connectivity index (χ0) is 14.7. The molecular weight excluding hydrogens is 256 g/mol. The molecule has 0 saturated carbocycles. The number of aromatic nitrogens is 1. The van der Waals surface area contributed by atoms with E-state index in [1.807, 2.05) is 4.90 Å². The second-order valence-electron chi connectivity index (χ2n) is 5.55. The third-order valence-corrected chi connectivity index (χ3v) is 3.90. The van der Waals surface area contributed by atoms with Gasteiger partial charge in [-0.2, -0.15) is 0 Å². The van der Waals surface area contributed by atoms with Crippen LogP contribution in [-0.4, -0.2) is 47.0 Å². The van der Waals surface area contributed by atoms with Crippen LogP contribution in [0.3, 0.4) is 0 Å². The summed E-state index contributed by atoms with van der Waals surface area (Å²) in [6.07, 6.45) is 2.75. The summed E-state index contributed by atoms with van der Waals surface area (Å²) >= 11 is 0. The smallest absolute Gasteiger partial charge is 0.274 e. The summed E-state index contributed by atoms with van der Waals surface area (Å²) in [6.45, 7) is 3.89. The molecule has 1 aliphatic rings. The van der Waals surface area contributed by atoms with Crippen LogP contribution in [0.25, 0.3) is 0 Å². The zero-order valence-electron chi connectivity index (χ0n) is 12.0. The van der Waals surface area contributed by atoms with Crippen LogP contribution in [0.2, 0.25) is 0 Å². The van der Waals surface area contributed by atoms with E-state index in [1.54, 1.807) is 29.9 Å². The molecule has 6 heteroatoms. The molecule has 0 radical (unpaired) electrons. The molecule has 1 fully saturated rings. The number of likely N-dealkylation sites (tertiary alicyclic amines) is 1. The van der Waals surface area contributed by atoms with Crippen molar-refractivity contribution in [1.29, 1.82) is 0 Å². The number of amides is 2. The summed E-state index contributed by atoms with van der Waals surface area (Å²) in [5.74, 6) is -0.158. The summed E-state index contributed by atoms with van der Waals surface area (Å²) in [5, 5.41) is 2.42. The van der Waals surface area contributed by atoms with Crippen molar-refractivity contribution >= 4 is 11.8 Å². The standard InChI is InChI=1S/C14H22N4O2/c1-10-5-7-18(8-11(10)15)9-13(19)16-14(20)12-4-3-6-17(12)2/h3-4,6,10-11H,5,7-9,15H2,1-2H3,(H,16,19,20). The lowest BCUT2D eigenvalue weighted by Gasteiger charge is -2.34. The molecule has 0 aromatic carbocycles. The lowest BCUT2D eigenvalue weighted by Crippen LogP contribution is -2.50. The van der Waals surface area contributed by atoms with Gasteiger partial charge in [0.25, 0.3) is 5.91 Å². The number of piperidine rings is 1. The summed E-state index contributed by atoms with van der Waals surface area (Å²) in [7, 11) is 1.77. The maximum Gasteiger partial charge on any atom is 0.274 e. The second kappa shape index (κ2) is 6.19. The van der Waals surface area contributed by atoms with Gasteiger partial charge in [0, 0.05) is 25.8 Å². The summed E-state index contributed by atoms with van der Waals surface area (Å²) in [4.78, 5) is 25.8. The van der Waals surface area contributed by atoms with Gasteiger partial charge in [0.05, 0.1) is 6.54 Å². The molecule has 2 rings (SSSR count). The molecule has 1 aliphatic heterocycles. The number of nitrogens with one attached hydrogen (secondary N) is 1. The topological polar surface area (TPSA) is 80.4 Å². The fraction of sp³-hybridized carbons (Fsp3) is 0.571. The van der Waals surface area contributed by atoms with Crippen LogP contribution in [0.4, 0.5) is 0 Å². The molecule has 0 spiro atoms. The van der Waals surface area contributed by atoms with Gasteiger partial charge in [0.1, 0.15) is 5.69 Å². The first kappa shape index (κ1) is 14.7. The Morgan fingerprint density at radius 2 is 2.25 bits per heavy atom. The highest BCUT2D eigenvalue weighted by molar-refractivity contribution is 6.04. The lowest BCUT2D eigenvalue weighted by molar-refractivity contribution is -0.121. The Morgan fingerprint density at radius 3 is 2.85 bits per heavy atom. The van der Waals surface area contributed by atoms with E-state index in [0.29, 0.717) is 18.2 Å². The summed E-state index contributed by atoms with van der Waals surface area (Å²) in [5.41, 5.74) is 6.47. The first-order valence-corrected chi connectivity index (χ1v) is 6.91. The fourth-order valence-corrected chi connectivity index (χ4v) is 2.44. The minimum absolute atomic E-state index is 0.0973. The normalized spacial score (nSPS) is 23.6. The van der Waals surface area contributed by atoms with E-state index in [2.05, 4.69) is 12.2 Å². The van der Waals surface area contributed by atoms with Gasteiger partial charge in [-0.3, -0.25) is 19.8 Å². The number of nitrogens with zero attached hydrogens (tertiary/aromatic N) is 2. The number of hydrogen-bond acceptors (Lipinski definition) is 4. The quantitative estimate of drug-likeness (QED) is 0.812. The van der Waals surface area contributed by atoms with Gasteiger partial charge in [0.2, 0.25) is 5.91 Å². The zero-order valence-corrected chi connectivity index (χ0v) is 12.0. The second-order valence-corrected chi connectivity index (χ2v) is 5.55. The van der Waals surface area contributed by atoms with Crippen molar-refractivity contribution in [3.8, 4) is 0 Å². The van der Waals surface area contributed by atoms with E-state index in [9.17, 15) is 9.59 Å². The molecule has 2 atom stereocenters. The molecule has 1 saturated heterocycles. The average molecular weight is 278 g/mol. The molecule has 3 N–H and O–H groups in total. The molecule has 2 heterocycles. The average Bonchev–Trinajstić information content (AvgIpc) is 2.80. The number of hydrogen-bond donors (Lipinski definition) is 2. The lowest BCUT2D eigenvalue weighted by atomic mass is 9.94. The van der Waals surface area contributed by atoms with E-state index in [-0.39, 0.29) is 24.4 Å². The molecule has 6 nitrogen and oxygen atoms in total. The Bertz CT molecular complexity index is 497. The number of rotatable bonds is 3. The molecular formula is C14H22N4O2. The van der Waals surface area contributed by atoms with E-state index >= 15 is 0 Å². The van der Waals surface area contributed by atoms with E-state index < -0.39 is 0 Å². The first-order chi connectivity index (χ1) is 9.47. The Hall–Kier alpha value is -1.66. The molecule has 110 valence electrons. The number of carbonyl (C=O) groups is 2. The van der Waals surface area contributed by atoms with Gasteiger partial charge in [-0.25, -0.2) is 0 Å². The fourth-order valence-electron chi connectivity index (χ4n) is 2.44. The van der Waals surface area contributed by atoms with Crippen molar-refractivity contribution < 1.29 is 9.59 Å². The highest BCUT2D eigenvalue weighted by Gasteiger charge is 2.25. The number of nitrogens with two attached hydrogens (primary N) is 1. The monoisotopic (exact) mass is 278 g/mol. The van der Waals surface area contributed by atoms with Crippen LogP contribution < -0.4 is 11.1 Å². The molecule has 2 amide bonds. The van der Waals surface area contributed by atoms with Crippen molar-refractivity contribution in [3.63, 3.8) is 0 Å². The van der Waals surface area contributed by atoms with Crippen molar-refractivity contribution in [2.75, 3.05) is 19.6 Å². The maximum atomic E-state index is 11.9. The van der Waals surface area contributed by atoms with Gasteiger partial charge < -0.3 is 10.3 Å². The molecule has 0 bridgehead atoms. The van der Waals surface area contributed by atoms with Gasteiger partial charge in [-0.15, -0.1) is 0 Å². The molecule has 0 aliphatic carbocycles. The number of carbonyl (C=O) groups excluding carboxylic acids is 2. The van der Waals surface area contributed by atoms with Crippen molar-refractivity contribution in [2.24, 2.45) is 18.7 Å². The molecule has 1 aromatic heterocycles. The Kier molecular flexibility index (Phi) is 4.57. The van der Waals surface area contributed by atoms with Crippen molar-refractivity contribution in [2.45, 2.75) is 19.4 Å². The third-order valence-electron chi connectivity index (χ3n) is 3.90. The van der Waals surface area contributed by atoms with Crippen LogP contribution in [0.15, 0.2) is 18.3 Å². The molecule has 2 unspecified atom stereocenters. The largest absolute Gasteiger partial charge is 0.347 e. The summed E-state index contributed by atoms with van der Waals surface area (Å²) in [6, 6.07) is 3.55. The van der Waals surface area contributed by atoms with Gasteiger partial charge in [-0.1, -0.05) is 6.92 Å². The predicted octanol–water partition coefficient (Wildman–Crippen LogP) is -0.0494. The van der Waals surface area contributed by atoms with Crippen molar-refractivity contribution in [1.82, 2.24) is 14.8 Å². The van der Waals surface area contributed by atoms with Crippen LogP contribution in [0.5, 0.6) is 0 Å². The molecule has 20 heavy (non-hydrogen) atoms. The van der Waals surface area contributed by atoms with Crippen molar-refractivity contribution in [3.05, 3.63) is 24.0 Å². The predicted molar refractivity (Wildman–Crippen MR) is 76.1 cm³/mol. The number of imide groups is 1. The highest BCUT2D eigenvalue weighted by Crippen LogP contribution is 2.14. The van der Waals surface area contributed by atoms with Crippen LogP contribution >= 0.6 is 0 Å². The van der Waals surface area contributed by atoms with Crippen LogP contribution in [0, 0.1) is 5.92 Å². The minimum atomic E-state index is -0.364. The van der Waals surface area contributed by atoms with E-state index in [0.717, 1.165) is 13.0 Å². The summed E-state index contributed by atoms with van der Waals surface area (Å²) < 4.78 is 1.68. The Labute approximate surface area is 118 Å². The van der Waals surface area contributed by atoms with Gasteiger partial charge in [0.15, 0.2) is 0 Å². The van der Waals surface area contributed by atoms with Gasteiger partial charge >= 0.3 is 0 Å². The highest BCUT2D eigenvalue weighted by atomic mass is 16.2. The number of aryl methyl sites for hydroxylation is 1. The molecule has 1 aromatic rings. The Morgan fingerprint density at radius 1 is 1.50 bits per heavy atom. The van der Waals surface area contributed by atoms with Gasteiger partial charge in [-0.05, 0) is 31.0 Å². The van der Waals surface area contributed by atoms with E-state index in [1.165, 1.54) is 0 Å². The minimum Gasteiger partial charge on any atom is -0.347 e. The SMILES string of the molecule is CC1CCN(CC(=O)NC(=O)c2cccn2C)CC1N. The maximum absolute atomic E-state index is 11.9. The third kappa shape index (κ3) is 3.46. The van der Waals surface area contributed by atoms with E-state index in [4.69, 9.17) is 5.73 Å². The first-order valence-electron chi connectivity index (χ1n) is 6.91. The van der Waals surface area contributed by atoms with Crippen LogP contribution in [-0.2, 0) is 11.8 Å². The Balaban J connectivity index is 1.84.